The molecule has 2 saturated heterocycles. The molecule has 0 amide bonds. The zero-order valence-electron chi connectivity index (χ0n) is 6.87. The quantitative estimate of drug-likeness (QED) is 0.347. The number of halogens is 1. The van der Waals surface area contributed by atoms with Gasteiger partial charge in [0.15, 0.2) is 0 Å². The molecular formula is C8H13ClO2S. The fourth-order valence-corrected chi connectivity index (χ4v) is 2.89. The minimum atomic E-state index is 0.265. The highest BCUT2D eigenvalue weighted by molar-refractivity contribution is 7.95. The van der Waals surface area contributed by atoms with E-state index in [-0.39, 0.29) is 11.5 Å². The highest BCUT2D eigenvalue weighted by Gasteiger charge is 2.29. The maximum Gasteiger partial charge on any atom is 0.0943 e. The summed E-state index contributed by atoms with van der Waals surface area (Å²) in [5, 5.41) is 0.689. The Morgan fingerprint density at radius 1 is 1.17 bits per heavy atom. The van der Waals surface area contributed by atoms with Crippen molar-refractivity contribution in [3.63, 3.8) is 0 Å². The van der Waals surface area contributed by atoms with Gasteiger partial charge < -0.3 is 0 Å². The van der Waals surface area contributed by atoms with Gasteiger partial charge >= 0.3 is 0 Å². The normalized spacial score (nSPS) is 43.2. The van der Waals surface area contributed by atoms with Crippen molar-refractivity contribution in [2.75, 3.05) is 0 Å². The van der Waals surface area contributed by atoms with Crippen LogP contribution in [0.15, 0.2) is 0 Å². The molecule has 0 aromatic rings. The van der Waals surface area contributed by atoms with Crippen LogP contribution in [0.2, 0.25) is 0 Å². The largest absolute Gasteiger partial charge is 0.221 e. The Labute approximate surface area is 82.1 Å². The van der Waals surface area contributed by atoms with Gasteiger partial charge in [0.25, 0.3) is 0 Å². The molecule has 0 spiro atoms. The second kappa shape index (κ2) is 4.18. The van der Waals surface area contributed by atoms with Gasteiger partial charge in [-0.1, -0.05) is 0 Å². The molecule has 1 aliphatic carbocycles. The van der Waals surface area contributed by atoms with Crippen LogP contribution in [-0.4, -0.2) is 16.7 Å². The zero-order valence-corrected chi connectivity index (χ0v) is 8.44. The van der Waals surface area contributed by atoms with Crippen molar-refractivity contribution in [1.29, 1.82) is 0 Å². The standard InChI is InChI=1S/C8H13ClO2S/c9-7-5-4-6-2-1-3-8(7)12-11-10-6/h6-8H,1-5H2/t6-,7+,8+/m1/s1. The molecule has 0 aromatic carbocycles. The lowest BCUT2D eigenvalue weighted by molar-refractivity contribution is -0.239. The smallest absolute Gasteiger partial charge is 0.0943 e. The molecular weight excluding hydrogens is 196 g/mol. The van der Waals surface area contributed by atoms with Crippen molar-refractivity contribution in [3.05, 3.63) is 0 Å². The summed E-state index contributed by atoms with van der Waals surface area (Å²) in [6, 6.07) is 0. The second-order valence-electron chi connectivity index (χ2n) is 3.45. The van der Waals surface area contributed by atoms with Gasteiger partial charge in [-0.2, -0.15) is 4.33 Å². The van der Waals surface area contributed by atoms with Gasteiger partial charge in [-0.3, -0.25) is 0 Å². The topological polar surface area (TPSA) is 18.5 Å². The maximum absolute atomic E-state index is 6.20. The van der Waals surface area contributed by atoms with Crippen LogP contribution in [-0.2, 0) is 9.22 Å². The SMILES string of the molecule is Cl[C@H]1CC[C@H]2CCC[C@@H]1SOO2. The van der Waals surface area contributed by atoms with Gasteiger partial charge in [-0.15, -0.1) is 11.6 Å². The lowest BCUT2D eigenvalue weighted by Gasteiger charge is -2.30. The van der Waals surface area contributed by atoms with Crippen molar-refractivity contribution in [1.82, 2.24) is 0 Å². The van der Waals surface area contributed by atoms with E-state index in [1.807, 2.05) is 0 Å². The van der Waals surface area contributed by atoms with Gasteiger partial charge in [0, 0.05) is 17.4 Å². The number of fused-ring (bicyclic) bond motifs is 6. The average Bonchev–Trinajstić information content (AvgIpc) is 1.97. The van der Waals surface area contributed by atoms with E-state index in [1.165, 1.54) is 24.9 Å². The number of hydrogen-bond donors (Lipinski definition) is 0. The number of hydrogen-bond acceptors (Lipinski definition) is 3. The molecule has 4 heteroatoms. The Morgan fingerprint density at radius 2 is 2.08 bits per heavy atom. The van der Waals surface area contributed by atoms with Crippen molar-refractivity contribution in [2.45, 2.75) is 48.8 Å². The Balaban J connectivity index is 2.02. The summed E-state index contributed by atoms with van der Waals surface area (Å²) >= 11 is 7.61. The molecule has 12 heavy (non-hydrogen) atoms. The first-order valence-corrected chi connectivity index (χ1v) is 5.73. The highest BCUT2D eigenvalue weighted by Crippen LogP contribution is 2.35. The van der Waals surface area contributed by atoms with Crippen molar-refractivity contribution < 1.29 is 9.22 Å². The highest BCUT2D eigenvalue weighted by atomic mass is 35.5. The summed E-state index contributed by atoms with van der Waals surface area (Å²) in [6.45, 7) is 0. The minimum absolute atomic E-state index is 0.265. The van der Waals surface area contributed by atoms with Gasteiger partial charge in [0.2, 0.25) is 0 Å². The molecule has 0 aromatic heterocycles. The maximum atomic E-state index is 6.20. The zero-order chi connectivity index (χ0) is 8.39. The van der Waals surface area contributed by atoms with Crippen LogP contribution < -0.4 is 0 Å². The Hall–Kier alpha value is 0.560. The van der Waals surface area contributed by atoms with Crippen LogP contribution >= 0.6 is 23.6 Å². The molecule has 2 heterocycles. The summed E-state index contributed by atoms with van der Waals surface area (Å²) in [7, 11) is 0. The molecule has 3 aliphatic rings. The van der Waals surface area contributed by atoms with Crippen LogP contribution in [0, 0.1) is 0 Å². The van der Waals surface area contributed by atoms with E-state index in [9.17, 15) is 0 Å². The average molecular weight is 209 g/mol. The van der Waals surface area contributed by atoms with E-state index in [4.69, 9.17) is 20.8 Å². The lowest BCUT2D eigenvalue weighted by atomic mass is 9.98. The van der Waals surface area contributed by atoms with Crippen LogP contribution in [0.5, 0.6) is 0 Å². The molecule has 3 atom stereocenters. The number of rotatable bonds is 0. The summed E-state index contributed by atoms with van der Waals surface area (Å²) in [5.74, 6) is 0. The fraction of sp³-hybridized carbons (Fsp3) is 1.00. The van der Waals surface area contributed by atoms with Crippen LogP contribution in [0.1, 0.15) is 32.1 Å². The Kier molecular flexibility index (Phi) is 3.18. The summed E-state index contributed by atoms with van der Waals surface area (Å²) in [6.07, 6.45) is 5.90. The fourth-order valence-electron chi connectivity index (χ4n) is 1.74. The third-order valence-electron chi connectivity index (χ3n) is 2.52. The molecule has 0 radical (unpaired) electrons. The van der Waals surface area contributed by atoms with E-state index in [2.05, 4.69) is 0 Å². The van der Waals surface area contributed by atoms with E-state index in [0.29, 0.717) is 5.25 Å². The summed E-state index contributed by atoms with van der Waals surface area (Å²) in [5.41, 5.74) is 0. The first-order valence-electron chi connectivity index (χ1n) is 4.49. The molecule has 1 saturated carbocycles. The van der Waals surface area contributed by atoms with Gasteiger partial charge in [-0.05, 0) is 32.1 Å². The molecule has 3 fully saturated rings. The first-order chi connectivity index (χ1) is 5.86. The van der Waals surface area contributed by atoms with E-state index in [0.717, 1.165) is 19.3 Å². The number of alkyl halides is 1. The summed E-state index contributed by atoms with van der Waals surface area (Å²) in [4.78, 5) is 5.21. The predicted molar refractivity (Wildman–Crippen MR) is 50.1 cm³/mol. The molecule has 0 N–H and O–H groups in total. The molecule has 2 aliphatic heterocycles. The summed E-state index contributed by atoms with van der Waals surface area (Å²) < 4.78 is 5.04. The van der Waals surface area contributed by atoms with Crippen LogP contribution in [0.4, 0.5) is 0 Å². The predicted octanol–water partition coefficient (Wildman–Crippen LogP) is 2.91. The lowest BCUT2D eigenvalue weighted by Crippen LogP contribution is -2.28. The van der Waals surface area contributed by atoms with Crippen LogP contribution in [0.3, 0.4) is 0 Å². The van der Waals surface area contributed by atoms with Crippen molar-refractivity contribution in [3.8, 4) is 0 Å². The third-order valence-corrected chi connectivity index (χ3v) is 4.16. The third kappa shape index (κ3) is 2.08. The van der Waals surface area contributed by atoms with Gasteiger partial charge in [0.05, 0.1) is 11.4 Å². The van der Waals surface area contributed by atoms with E-state index in [1.54, 1.807) is 0 Å². The van der Waals surface area contributed by atoms with Gasteiger partial charge in [0.1, 0.15) is 0 Å². The Bertz CT molecular complexity index is 144. The molecule has 3 rings (SSSR count). The molecule has 70 valence electrons. The molecule has 2 bridgehead atoms. The van der Waals surface area contributed by atoms with E-state index >= 15 is 0 Å². The molecule has 0 unspecified atom stereocenters. The second-order valence-corrected chi connectivity index (χ2v) is 4.94. The first kappa shape index (κ1) is 9.13. The monoisotopic (exact) mass is 208 g/mol. The van der Waals surface area contributed by atoms with Crippen LogP contribution in [0.25, 0.3) is 0 Å². The van der Waals surface area contributed by atoms with E-state index < -0.39 is 0 Å². The van der Waals surface area contributed by atoms with Gasteiger partial charge in [-0.25, -0.2) is 4.89 Å². The van der Waals surface area contributed by atoms with Crippen molar-refractivity contribution >= 4 is 23.6 Å². The van der Waals surface area contributed by atoms with Crippen molar-refractivity contribution in [2.24, 2.45) is 0 Å². The minimum Gasteiger partial charge on any atom is -0.221 e. The Morgan fingerprint density at radius 3 is 3.00 bits per heavy atom. The molecule has 2 nitrogen and oxygen atoms in total.